The van der Waals surface area contributed by atoms with Crippen molar-refractivity contribution in [2.24, 2.45) is 5.92 Å². The van der Waals surface area contributed by atoms with Crippen LogP contribution in [0.25, 0.3) is 0 Å². The van der Waals surface area contributed by atoms with E-state index in [1.807, 2.05) is 0 Å². The van der Waals surface area contributed by atoms with Crippen molar-refractivity contribution in [1.82, 2.24) is 0 Å². The summed E-state index contributed by atoms with van der Waals surface area (Å²) in [5.74, 6) is -0.370. The minimum atomic E-state index is -0.749. The fourth-order valence-corrected chi connectivity index (χ4v) is 2.87. The normalized spacial score (nSPS) is 23.6. The Morgan fingerprint density at radius 3 is 2.33 bits per heavy atom. The number of ether oxygens (including phenoxy) is 4. The second-order valence-corrected chi connectivity index (χ2v) is 5.22. The second kappa shape index (κ2) is 7.62. The predicted octanol–water partition coefficient (Wildman–Crippen LogP) is 2.17. The van der Waals surface area contributed by atoms with E-state index < -0.39 is 28.5 Å². The third-order valence-electron chi connectivity index (χ3n) is 3.96. The minimum Gasteiger partial charge on any atom is -0.356 e. The molecule has 3 atom stereocenters. The summed E-state index contributed by atoms with van der Waals surface area (Å²) in [4.78, 5) is 20.9. The maximum absolute atomic E-state index is 11.4. The van der Waals surface area contributed by atoms with E-state index in [2.05, 4.69) is 0 Å². The van der Waals surface area contributed by atoms with E-state index in [4.69, 9.17) is 18.9 Å². The van der Waals surface area contributed by atoms with Gasteiger partial charge in [-0.15, -0.1) is 0 Å². The van der Waals surface area contributed by atoms with Crippen LogP contribution in [0.4, 0.5) is 11.4 Å². The number of nitrogens with zero attached hydrogens (tertiary/aromatic N) is 2. The number of nitro groups is 2. The van der Waals surface area contributed by atoms with Crippen LogP contribution in [-0.4, -0.2) is 43.8 Å². The monoisotopic (exact) mass is 342 g/mol. The molecule has 0 saturated carbocycles. The highest BCUT2D eigenvalue weighted by Gasteiger charge is 2.44. The number of hydrogen-bond acceptors (Lipinski definition) is 8. The minimum absolute atomic E-state index is 0.217. The van der Waals surface area contributed by atoms with Gasteiger partial charge in [0.1, 0.15) is 6.10 Å². The molecule has 10 heteroatoms. The van der Waals surface area contributed by atoms with E-state index in [1.165, 1.54) is 33.5 Å². The summed E-state index contributed by atoms with van der Waals surface area (Å²) in [5.41, 5.74) is -0.533. The van der Waals surface area contributed by atoms with Gasteiger partial charge >= 0.3 is 0 Å². The van der Waals surface area contributed by atoms with Gasteiger partial charge in [0.15, 0.2) is 12.6 Å². The second-order valence-electron chi connectivity index (χ2n) is 5.22. The molecule has 0 N–H and O–H groups in total. The van der Waals surface area contributed by atoms with Gasteiger partial charge in [-0.25, -0.2) is 0 Å². The number of nitro benzene ring substituents is 2. The average Bonchev–Trinajstić information content (AvgIpc) is 2.99. The molecule has 0 bridgehead atoms. The standard InChI is InChI=1S/C14H18N2O8/c1-21-12-7-10(14(22-2)23-3)13(24-12)9-5-4-8(15(17)18)6-11(9)16(19)20/h4-6,10,12-14H,7H2,1-3H3/t10-,12+,13-/m0/s1. The number of hydrogen-bond donors (Lipinski definition) is 0. The molecule has 0 unspecified atom stereocenters. The maximum Gasteiger partial charge on any atom is 0.282 e. The molecule has 10 nitrogen and oxygen atoms in total. The van der Waals surface area contributed by atoms with Gasteiger partial charge in [-0.2, -0.15) is 0 Å². The molecule has 0 amide bonds. The first-order valence-electron chi connectivity index (χ1n) is 7.09. The predicted molar refractivity (Wildman–Crippen MR) is 80.3 cm³/mol. The highest BCUT2D eigenvalue weighted by Crippen LogP contribution is 2.44. The lowest BCUT2D eigenvalue weighted by Gasteiger charge is -2.24. The van der Waals surface area contributed by atoms with Gasteiger partial charge in [-0.1, -0.05) is 0 Å². The zero-order valence-electron chi connectivity index (χ0n) is 13.4. The highest BCUT2D eigenvalue weighted by atomic mass is 16.7. The van der Waals surface area contributed by atoms with Gasteiger partial charge < -0.3 is 18.9 Å². The Kier molecular flexibility index (Phi) is 5.78. The summed E-state index contributed by atoms with van der Waals surface area (Å²) < 4.78 is 21.4. The fraction of sp³-hybridized carbons (Fsp3) is 0.571. The zero-order valence-corrected chi connectivity index (χ0v) is 13.4. The van der Waals surface area contributed by atoms with E-state index >= 15 is 0 Å². The molecule has 1 aromatic carbocycles. The molecule has 1 aliphatic heterocycles. The van der Waals surface area contributed by atoms with Crippen molar-refractivity contribution in [3.8, 4) is 0 Å². The van der Waals surface area contributed by atoms with Crippen molar-refractivity contribution in [3.05, 3.63) is 44.0 Å². The van der Waals surface area contributed by atoms with E-state index in [9.17, 15) is 20.2 Å². The molecular formula is C14H18N2O8. The molecule has 1 heterocycles. The largest absolute Gasteiger partial charge is 0.356 e. The Morgan fingerprint density at radius 1 is 1.17 bits per heavy atom. The Balaban J connectivity index is 2.46. The summed E-state index contributed by atoms with van der Waals surface area (Å²) in [7, 11) is 4.37. The van der Waals surface area contributed by atoms with E-state index in [1.54, 1.807) is 0 Å². The van der Waals surface area contributed by atoms with Crippen LogP contribution in [0.1, 0.15) is 18.1 Å². The Labute approximate surface area is 137 Å². The molecule has 1 aliphatic rings. The van der Waals surface area contributed by atoms with Crippen LogP contribution in [0.5, 0.6) is 0 Å². The SMILES string of the molecule is COC(OC)[C@H]1C[C@H](OC)O[C@H]1c1ccc([N+](=O)[O-])cc1[N+](=O)[O-]. The van der Waals surface area contributed by atoms with Crippen LogP contribution < -0.4 is 0 Å². The first-order valence-corrected chi connectivity index (χ1v) is 7.09. The number of non-ortho nitro benzene ring substituents is 1. The van der Waals surface area contributed by atoms with Crippen molar-refractivity contribution in [2.45, 2.75) is 25.1 Å². The average molecular weight is 342 g/mol. The molecular weight excluding hydrogens is 324 g/mol. The van der Waals surface area contributed by atoms with Crippen molar-refractivity contribution < 1.29 is 28.8 Å². The lowest BCUT2D eigenvalue weighted by atomic mass is 9.93. The molecule has 0 spiro atoms. The quantitative estimate of drug-likeness (QED) is 0.419. The summed E-state index contributed by atoms with van der Waals surface area (Å²) >= 11 is 0. The number of benzene rings is 1. The smallest absolute Gasteiger partial charge is 0.282 e. The van der Waals surface area contributed by atoms with Crippen LogP contribution >= 0.6 is 0 Å². The third kappa shape index (κ3) is 3.51. The maximum atomic E-state index is 11.4. The van der Waals surface area contributed by atoms with E-state index in [-0.39, 0.29) is 22.9 Å². The van der Waals surface area contributed by atoms with Gasteiger partial charge in [-0.3, -0.25) is 20.2 Å². The van der Waals surface area contributed by atoms with Gasteiger partial charge in [-0.05, 0) is 6.07 Å². The van der Waals surface area contributed by atoms with E-state index in [0.717, 1.165) is 6.07 Å². The molecule has 1 saturated heterocycles. The third-order valence-corrected chi connectivity index (χ3v) is 3.96. The topological polar surface area (TPSA) is 123 Å². The van der Waals surface area contributed by atoms with Gasteiger partial charge in [0.25, 0.3) is 11.4 Å². The van der Waals surface area contributed by atoms with Crippen molar-refractivity contribution in [3.63, 3.8) is 0 Å². The molecule has 0 radical (unpaired) electrons. The van der Waals surface area contributed by atoms with Crippen molar-refractivity contribution >= 4 is 11.4 Å². The van der Waals surface area contributed by atoms with Crippen LogP contribution in [0.2, 0.25) is 0 Å². The summed E-state index contributed by atoms with van der Waals surface area (Å²) in [6, 6.07) is 3.45. The first kappa shape index (κ1) is 18.2. The van der Waals surface area contributed by atoms with Gasteiger partial charge in [0, 0.05) is 39.7 Å². The molecule has 0 aromatic heterocycles. The van der Waals surface area contributed by atoms with Crippen LogP contribution in [0.3, 0.4) is 0 Å². The van der Waals surface area contributed by atoms with Crippen LogP contribution in [0.15, 0.2) is 18.2 Å². The first-order chi connectivity index (χ1) is 11.4. The summed E-state index contributed by atoms with van der Waals surface area (Å²) in [5, 5.41) is 22.2. The molecule has 2 rings (SSSR count). The number of rotatable bonds is 7. The van der Waals surface area contributed by atoms with Crippen molar-refractivity contribution in [2.75, 3.05) is 21.3 Å². The Morgan fingerprint density at radius 2 is 1.83 bits per heavy atom. The molecule has 132 valence electrons. The van der Waals surface area contributed by atoms with E-state index in [0.29, 0.717) is 6.42 Å². The van der Waals surface area contributed by atoms with Gasteiger partial charge in [0.2, 0.25) is 0 Å². The Bertz CT molecular complexity index is 619. The summed E-state index contributed by atoms with van der Waals surface area (Å²) in [6.07, 6.45) is -1.59. The molecule has 24 heavy (non-hydrogen) atoms. The fourth-order valence-electron chi connectivity index (χ4n) is 2.87. The van der Waals surface area contributed by atoms with Crippen LogP contribution in [-0.2, 0) is 18.9 Å². The molecule has 1 fully saturated rings. The Hall–Kier alpha value is -2.14. The molecule has 0 aliphatic carbocycles. The van der Waals surface area contributed by atoms with Crippen molar-refractivity contribution in [1.29, 1.82) is 0 Å². The lowest BCUT2D eigenvalue weighted by molar-refractivity contribution is -0.395. The lowest BCUT2D eigenvalue weighted by Crippen LogP contribution is -2.27. The number of methoxy groups -OCH3 is 3. The van der Waals surface area contributed by atoms with Gasteiger partial charge in [0.05, 0.1) is 21.5 Å². The zero-order chi connectivity index (χ0) is 17.9. The highest BCUT2D eigenvalue weighted by molar-refractivity contribution is 5.50. The molecule has 1 aromatic rings. The van der Waals surface area contributed by atoms with Crippen LogP contribution in [0, 0.1) is 26.1 Å². The summed E-state index contributed by atoms with van der Waals surface area (Å²) in [6.45, 7) is 0.